The monoisotopic (exact) mass is 244 g/mol. The van der Waals surface area contributed by atoms with Gasteiger partial charge in [-0.25, -0.2) is 0 Å². The Hall–Kier alpha value is -1.35. The van der Waals surface area contributed by atoms with Gasteiger partial charge in [-0.2, -0.15) is 0 Å². The second kappa shape index (κ2) is 3.82. The minimum atomic E-state index is -0.265. The van der Waals surface area contributed by atoms with Gasteiger partial charge in [0.05, 0.1) is 5.41 Å². The van der Waals surface area contributed by atoms with Crippen LogP contribution in [0, 0.1) is 13.8 Å². The highest BCUT2D eigenvalue weighted by Gasteiger charge is 2.48. The Balaban J connectivity index is 2.11. The highest BCUT2D eigenvalue weighted by Crippen LogP contribution is 2.46. The summed E-state index contributed by atoms with van der Waals surface area (Å²) in [4.78, 5) is 14.8. The normalized spacial score (nSPS) is 22.1. The van der Waals surface area contributed by atoms with E-state index in [1.807, 2.05) is 0 Å². The van der Waals surface area contributed by atoms with E-state index in [2.05, 4.69) is 43.2 Å². The zero-order valence-corrected chi connectivity index (χ0v) is 11.3. The first-order chi connectivity index (χ1) is 8.53. The van der Waals surface area contributed by atoms with Crippen LogP contribution in [0.1, 0.15) is 29.5 Å². The van der Waals surface area contributed by atoms with Crippen molar-refractivity contribution in [3.63, 3.8) is 0 Å². The molecule has 1 spiro atoms. The van der Waals surface area contributed by atoms with Gasteiger partial charge in [0.15, 0.2) is 0 Å². The summed E-state index contributed by atoms with van der Waals surface area (Å²) in [6.07, 6.45) is 1.87. The van der Waals surface area contributed by atoms with Crippen LogP contribution in [0.4, 0.5) is 5.69 Å². The SMILES string of the molecule is Cc1cc(C)c2c(c1)C1(CCN(C)CC1)C(=O)N2. The summed E-state index contributed by atoms with van der Waals surface area (Å²) in [7, 11) is 2.13. The van der Waals surface area contributed by atoms with Crippen molar-refractivity contribution in [1.82, 2.24) is 4.90 Å². The van der Waals surface area contributed by atoms with Crippen molar-refractivity contribution in [1.29, 1.82) is 0 Å². The molecule has 1 fully saturated rings. The minimum absolute atomic E-state index is 0.208. The lowest BCUT2D eigenvalue weighted by atomic mass is 9.73. The maximum absolute atomic E-state index is 12.4. The molecule has 1 saturated heterocycles. The quantitative estimate of drug-likeness (QED) is 0.759. The van der Waals surface area contributed by atoms with Crippen molar-refractivity contribution in [2.45, 2.75) is 32.1 Å². The largest absolute Gasteiger partial charge is 0.325 e. The predicted octanol–water partition coefficient (Wildman–Crippen LogP) is 2.22. The molecule has 0 aliphatic carbocycles. The van der Waals surface area contributed by atoms with Gasteiger partial charge in [0.1, 0.15) is 0 Å². The van der Waals surface area contributed by atoms with E-state index in [-0.39, 0.29) is 11.3 Å². The molecule has 0 aromatic heterocycles. The van der Waals surface area contributed by atoms with Crippen molar-refractivity contribution in [2.75, 3.05) is 25.5 Å². The van der Waals surface area contributed by atoms with Crippen LogP contribution in [0.15, 0.2) is 12.1 Å². The summed E-state index contributed by atoms with van der Waals surface area (Å²) in [6.45, 7) is 6.19. The number of nitrogens with zero attached hydrogens (tertiary/aromatic N) is 1. The summed E-state index contributed by atoms with van der Waals surface area (Å²) in [5.41, 5.74) is 4.47. The molecule has 18 heavy (non-hydrogen) atoms. The molecule has 0 unspecified atom stereocenters. The number of aryl methyl sites for hydroxylation is 2. The molecule has 1 aromatic rings. The topological polar surface area (TPSA) is 32.3 Å². The van der Waals surface area contributed by atoms with Crippen molar-refractivity contribution in [2.24, 2.45) is 0 Å². The van der Waals surface area contributed by atoms with E-state index >= 15 is 0 Å². The molecule has 2 heterocycles. The Bertz CT molecular complexity index is 513. The Kier molecular flexibility index (Phi) is 2.49. The Labute approximate surface area is 108 Å². The molecule has 3 heteroatoms. The standard InChI is InChI=1S/C15H20N2O/c1-10-8-11(2)13-12(9-10)15(14(18)16-13)4-6-17(3)7-5-15/h8-9H,4-7H2,1-3H3,(H,16,18). The number of hydrogen-bond donors (Lipinski definition) is 1. The Morgan fingerprint density at radius 2 is 1.89 bits per heavy atom. The molecular weight excluding hydrogens is 224 g/mol. The number of piperidine rings is 1. The van der Waals surface area contributed by atoms with E-state index in [4.69, 9.17) is 0 Å². The van der Waals surface area contributed by atoms with Crippen LogP contribution in [0.2, 0.25) is 0 Å². The second-order valence-electron chi connectivity index (χ2n) is 5.84. The smallest absolute Gasteiger partial charge is 0.235 e. The van der Waals surface area contributed by atoms with Crippen LogP contribution in [-0.2, 0) is 10.2 Å². The third-order valence-electron chi connectivity index (χ3n) is 4.51. The zero-order valence-electron chi connectivity index (χ0n) is 11.3. The molecule has 2 aliphatic rings. The number of anilines is 1. The number of carbonyl (C=O) groups excluding carboxylic acids is 1. The summed E-state index contributed by atoms with van der Waals surface area (Å²) < 4.78 is 0. The third-order valence-corrected chi connectivity index (χ3v) is 4.51. The first-order valence-electron chi connectivity index (χ1n) is 6.65. The molecule has 0 atom stereocenters. The fourth-order valence-corrected chi connectivity index (χ4v) is 3.36. The number of carbonyl (C=O) groups is 1. The fourth-order valence-electron chi connectivity index (χ4n) is 3.36. The molecule has 0 radical (unpaired) electrons. The van der Waals surface area contributed by atoms with Crippen LogP contribution in [0.5, 0.6) is 0 Å². The first kappa shape index (κ1) is 11.7. The van der Waals surface area contributed by atoms with Gasteiger partial charge in [-0.3, -0.25) is 4.79 Å². The van der Waals surface area contributed by atoms with Gasteiger partial charge in [-0.1, -0.05) is 17.7 Å². The number of nitrogens with one attached hydrogen (secondary N) is 1. The maximum atomic E-state index is 12.4. The van der Waals surface area contributed by atoms with Crippen molar-refractivity contribution in [3.8, 4) is 0 Å². The van der Waals surface area contributed by atoms with Crippen LogP contribution < -0.4 is 5.32 Å². The van der Waals surface area contributed by atoms with Crippen LogP contribution in [0.3, 0.4) is 0 Å². The lowest BCUT2D eigenvalue weighted by Gasteiger charge is -2.36. The molecule has 0 bridgehead atoms. The number of hydrogen-bond acceptors (Lipinski definition) is 2. The molecule has 3 nitrogen and oxygen atoms in total. The van der Waals surface area contributed by atoms with Gasteiger partial charge in [-0.15, -0.1) is 0 Å². The fraction of sp³-hybridized carbons (Fsp3) is 0.533. The van der Waals surface area contributed by atoms with Crippen LogP contribution >= 0.6 is 0 Å². The van der Waals surface area contributed by atoms with Crippen LogP contribution in [-0.4, -0.2) is 30.9 Å². The lowest BCUT2D eigenvalue weighted by Crippen LogP contribution is -2.45. The summed E-state index contributed by atoms with van der Waals surface area (Å²) in [5.74, 6) is 0.208. The van der Waals surface area contributed by atoms with Crippen molar-refractivity contribution >= 4 is 11.6 Å². The summed E-state index contributed by atoms with van der Waals surface area (Å²) in [5, 5.41) is 3.11. The lowest BCUT2D eigenvalue weighted by molar-refractivity contribution is -0.122. The average Bonchev–Trinajstić information content (AvgIpc) is 2.58. The third kappa shape index (κ3) is 1.50. The van der Waals surface area contributed by atoms with E-state index in [1.54, 1.807) is 0 Å². The highest BCUT2D eigenvalue weighted by atomic mass is 16.2. The number of rotatable bonds is 0. The molecule has 3 rings (SSSR count). The molecule has 96 valence electrons. The number of likely N-dealkylation sites (tertiary alicyclic amines) is 1. The van der Waals surface area contributed by atoms with Gasteiger partial charge >= 0.3 is 0 Å². The van der Waals surface area contributed by atoms with Crippen molar-refractivity contribution in [3.05, 3.63) is 28.8 Å². The molecule has 2 aliphatic heterocycles. The predicted molar refractivity (Wildman–Crippen MR) is 73.0 cm³/mol. The van der Waals surface area contributed by atoms with Gasteiger partial charge in [0.25, 0.3) is 0 Å². The number of amides is 1. The highest BCUT2D eigenvalue weighted by molar-refractivity contribution is 6.07. The van der Waals surface area contributed by atoms with E-state index in [0.717, 1.165) is 31.6 Å². The van der Waals surface area contributed by atoms with Gasteiger partial charge < -0.3 is 10.2 Å². The Morgan fingerprint density at radius 1 is 1.22 bits per heavy atom. The van der Waals surface area contributed by atoms with E-state index < -0.39 is 0 Å². The molecular formula is C15H20N2O. The van der Waals surface area contributed by atoms with Gasteiger partial charge in [0.2, 0.25) is 5.91 Å². The van der Waals surface area contributed by atoms with E-state index in [0.29, 0.717) is 0 Å². The Morgan fingerprint density at radius 3 is 2.56 bits per heavy atom. The minimum Gasteiger partial charge on any atom is -0.325 e. The second-order valence-corrected chi connectivity index (χ2v) is 5.84. The molecule has 1 amide bonds. The average molecular weight is 244 g/mol. The molecule has 0 saturated carbocycles. The summed E-state index contributed by atoms with van der Waals surface area (Å²) in [6, 6.07) is 4.35. The number of fused-ring (bicyclic) bond motifs is 2. The summed E-state index contributed by atoms with van der Waals surface area (Å²) >= 11 is 0. The van der Waals surface area contributed by atoms with E-state index in [1.165, 1.54) is 16.7 Å². The first-order valence-corrected chi connectivity index (χ1v) is 6.65. The number of benzene rings is 1. The van der Waals surface area contributed by atoms with Gasteiger partial charge in [-0.05, 0) is 58.0 Å². The van der Waals surface area contributed by atoms with Crippen molar-refractivity contribution < 1.29 is 4.79 Å². The molecule has 1 aromatic carbocycles. The van der Waals surface area contributed by atoms with E-state index in [9.17, 15) is 4.79 Å². The maximum Gasteiger partial charge on any atom is 0.235 e. The van der Waals surface area contributed by atoms with Crippen LogP contribution in [0.25, 0.3) is 0 Å². The molecule has 1 N–H and O–H groups in total. The zero-order chi connectivity index (χ0) is 12.9. The van der Waals surface area contributed by atoms with Gasteiger partial charge in [0, 0.05) is 5.69 Å².